The Kier molecular flexibility index (Phi) is 7.43. The second-order valence-electron chi connectivity index (χ2n) is 10.2. The molecule has 35 heavy (non-hydrogen) atoms. The maximum Gasteiger partial charge on any atom is 0.243 e. The van der Waals surface area contributed by atoms with Crippen molar-refractivity contribution in [3.05, 3.63) is 53.1 Å². The molecule has 2 aliphatic heterocycles. The summed E-state index contributed by atoms with van der Waals surface area (Å²) >= 11 is 0. The Bertz CT molecular complexity index is 1190. The summed E-state index contributed by atoms with van der Waals surface area (Å²) in [5.41, 5.74) is 2.43. The number of amides is 1. The van der Waals surface area contributed by atoms with Gasteiger partial charge in [-0.15, -0.1) is 0 Å². The van der Waals surface area contributed by atoms with Crippen molar-refractivity contribution in [1.82, 2.24) is 9.62 Å². The summed E-state index contributed by atoms with van der Waals surface area (Å²) in [5.74, 6) is 1.30. The van der Waals surface area contributed by atoms with Gasteiger partial charge in [-0.1, -0.05) is 24.1 Å². The molecular weight excluding hydrogens is 464 g/mol. The molecule has 0 aliphatic carbocycles. The summed E-state index contributed by atoms with van der Waals surface area (Å²) in [7, 11) is -2.00. The highest BCUT2D eigenvalue weighted by molar-refractivity contribution is 7.89. The van der Waals surface area contributed by atoms with Crippen LogP contribution in [0.4, 0.5) is 0 Å². The number of ether oxygens (including phenoxy) is 2. The lowest BCUT2D eigenvalue weighted by atomic mass is 9.89. The van der Waals surface area contributed by atoms with Gasteiger partial charge >= 0.3 is 0 Å². The molecule has 0 spiro atoms. The van der Waals surface area contributed by atoms with Gasteiger partial charge in [0, 0.05) is 31.5 Å². The van der Waals surface area contributed by atoms with Gasteiger partial charge in [0.15, 0.2) is 0 Å². The molecule has 1 amide bonds. The fourth-order valence-corrected chi connectivity index (χ4v) is 6.55. The van der Waals surface area contributed by atoms with Crippen molar-refractivity contribution in [2.24, 2.45) is 0 Å². The van der Waals surface area contributed by atoms with Gasteiger partial charge in [0.25, 0.3) is 0 Å². The summed E-state index contributed by atoms with van der Waals surface area (Å²) in [5, 5.41) is 3.18. The molecule has 7 nitrogen and oxygen atoms in total. The molecule has 4 rings (SSSR count). The van der Waals surface area contributed by atoms with Gasteiger partial charge in [0.2, 0.25) is 15.9 Å². The Labute approximate surface area is 208 Å². The number of nitrogens with one attached hydrogen (secondary N) is 1. The Balaban J connectivity index is 1.48. The minimum Gasteiger partial charge on any atom is -0.496 e. The predicted octanol–water partition coefficient (Wildman–Crippen LogP) is 4.53. The zero-order valence-corrected chi connectivity index (χ0v) is 21.9. The SMILES string of the molecule is COc1ccc(S(=O)(=O)N2CCCCC2)cc1CCC(=O)NC1CC(C)(C)Oc2ccc(C)cc21. The summed E-state index contributed by atoms with van der Waals surface area (Å²) in [4.78, 5) is 13.3. The van der Waals surface area contributed by atoms with E-state index >= 15 is 0 Å². The van der Waals surface area contributed by atoms with Crippen LogP contribution in [-0.4, -0.2) is 44.4 Å². The molecule has 1 atom stereocenters. The average molecular weight is 501 g/mol. The Morgan fingerprint density at radius 1 is 1.14 bits per heavy atom. The first-order valence-electron chi connectivity index (χ1n) is 12.3. The summed E-state index contributed by atoms with van der Waals surface area (Å²) in [6.07, 6.45) is 4.10. The minimum absolute atomic E-state index is 0.0912. The molecule has 2 aromatic carbocycles. The molecule has 1 fully saturated rings. The van der Waals surface area contributed by atoms with E-state index in [1.54, 1.807) is 29.6 Å². The van der Waals surface area contributed by atoms with Gasteiger partial charge in [0.05, 0.1) is 18.0 Å². The van der Waals surface area contributed by atoms with Crippen LogP contribution in [0.15, 0.2) is 41.3 Å². The number of aryl methyl sites for hydroxylation is 2. The largest absolute Gasteiger partial charge is 0.496 e. The van der Waals surface area contributed by atoms with Crippen molar-refractivity contribution in [2.45, 2.75) is 75.8 Å². The molecule has 2 aliphatic rings. The molecule has 0 saturated carbocycles. The van der Waals surface area contributed by atoms with E-state index in [1.165, 1.54) is 0 Å². The number of piperidine rings is 1. The number of sulfonamides is 1. The van der Waals surface area contributed by atoms with Crippen molar-refractivity contribution in [1.29, 1.82) is 0 Å². The zero-order chi connectivity index (χ0) is 25.2. The second kappa shape index (κ2) is 10.2. The van der Waals surface area contributed by atoms with Gasteiger partial charge in [-0.2, -0.15) is 4.31 Å². The van der Waals surface area contributed by atoms with E-state index in [2.05, 4.69) is 11.4 Å². The Hall–Kier alpha value is -2.58. The van der Waals surface area contributed by atoms with Crippen molar-refractivity contribution in [3.8, 4) is 11.5 Å². The number of carbonyl (C=O) groups excluding carboxylic acids is 1. The van der Waals surface area contributed by atoms with E-state index in [1.807, 2.05) is 32.9 Å². The fourth-order valence-electron chi connectivity index (χ4n) is 4.98. The molecule has 2 heterocycles. The number of fused-ring (bicyclic) bond motifs is 1. The minimum atomic E-state index is -3.56. The van der Waals surface area contributed by atoms with Gasteiger partial charge in [0.1, 0.15) is 17.1 Å². The quantitative estimate of drug-likeness (QED) is 0.604. The summed E-state index contributed by atoms with van der Waals surface area (Å²) in [6.45, 7) is 7.17. The van der Waals surface area contributed by atoms with Crippen LogP contribution < -0.4 is 14.8 Å². The number of benzene rings is 2. The molecule has 8 heteroatoms. The topological polar surface area (TPSA) is 84.9 Å². The van der Waals surface area contributed by atoms with Crippen molar-refractivity contribution in [3.63, 3.8) is 0 Å². The number of carbonyl (C=O) groups is 1. The van der Waals surface area contributed by atoms with Crippen LogP contribution in [0.3, 0.4) is 0 Å². The van der Waals surface area contributed by atoms with Crippen molar-refractivity contribution in [2.75, 3.05) is 20.2 Å². The van der Waals surface area contributed by atoms with E-state index in [-0.39, 0.29) is 28.9 Å². The van der Waals surface area contributed by atoms with Gasteiger partial charge in [-0.3, -0.25) is 4.79 Å². The molecular formula is C27H36N2O5S. The molecule has 2 aromatic rings. The average Bonchev–Trinajstić information content (AvgIpc) is 2.83. The zero-order valence-electron chi connectivity index (χ0n) is 21.1. The summed E-state index contributed by atoms with van der Waals surface area (Å²) in [6, 6.07) is 10.8. The maximum atomic E-state index is 13.1. The van der Waals surface area contributed by atoms with Crippen LogP contribution in [0, 0.1) is 6.92 Å². The third kappa shape index (κ3) is 5.81. The highest BCUT2D eigenvalue weighted by Crippen LogP contribution is 2.40. The van der Waals surface area contributed by atoms with Crippen LogP contribution in [0.1, 0.15) is 68.7 Å². The normalized spacial score (nSPS) is 19.9. The van der Waals surface area contributed by atoms with E-state index < -0.39 is 10.0 Å². The van der Waals surface area contributed by atoms with Gasteiger partial charge < -0.3 is 14.8 Å². The highest BCUT2D eigenvalue weighted by Gasteiger charge is 2.34. The first kappa shape index (κ1) is 25.5. The lowest BCUT2D eigenvalue weighted by Gasteiger charge is -2.38. The monoisotopic (exact) mass is 500 g/mol. The molecule has 1 N–H and O–H groups in total. The number of nitrogens with zero attached hydrogens (tertiary/aromatic N) is 1. The van der Waals surface area contributed by atoms with Crippen LogP contribution in [-0.2, 0) is 21.2 Å². The molecule has 0 aromatic heterocycles. The molecule has 0 bridgehead atoms. The van der Waals surface area contributed by atoms with Gasteiger partial charge in [-0.05, 0) is 69.9 Å². The first-order valence-corrected chi connectivity index (χ1v) is 13.8. The standard InChI is InChI=1S/C27H36N2O5S/c1-19-8-11-25-22(16-19)23(18-27(2,3)34-25)28-26(30)13-9-20-17-21(10-12-24(20)33-4)35(31,32)29-14-6-5-7-15-29/h8,10-12,16-17,23H,5-7,9,13-15,18H2,1-4H3,(H,28,30). The lowest BCUT2D eigenvalue weighted by molar-refractivity contribution is -0.122. The van der Waals surface area contributed by atoms with Crippen molar-refractivity contribution < 1.29 is 22.7 Å². The Morgan fingerprint density at radius 2 is 1.89 bits per heavy atom. The molecule has 190 valence electrons. The Morgan fingerprint density at radius 3 is 2.60 bits per heavy atom. The smallest absolute Gasteiger partial charge is 0.243 e. The fraction of sp³-hybridized carbons (Fsp3) is 0.519. The first-order chi connectivity index (χ1) is 16.6. The third-order valence-corrected chi connectivity index (χ3v) is 8.68. The van der Waals surface area contributed by atoms with E-state index in [0.29, 0.717) is 37.2 Å². The molecule has 1 unspecified atom stereocenters. The van der Waals surface area contributed by atoms with Gasteiger partial charge in [-0.25, -0.2) is 8.42 Å². The van der Waals surface area contributed by atoms with Crippen LogP contribution in [0.25, 0.3) is 0 Å². The number of methoxy groups -OCH3 is 1. The highest BCUT2D eigenvalue weighted by atomic mass is 32.2. The van der Waals surface area contributed by atoms with Crippen molar-refractivity contribution >= 4 is 15.9 Å². The van der Waals surface area contributed by atoms with E-state index in [4.69, 9.17) is 9.47 Å². The van der Waals surface area contributed by atoms with Crippen LogP contribution in [0.5, 0.6) is 11.5 Å². The summed E-state index contributed by atoms with van der Waals surface area (Å²) < 4.78 is 39.4. The van der Waals surface area contributed by atoms with E-state index in [0.717, 1.165) is 36.1 Å². The second-order valence-corrected chi connectivity index (χ2v) is 12.1. The predicted molar refractivity (Wildman–Crippen MR) is 135 cm³/mol. The number of rotatable bonds is 7. The lowest BCUT2D eigenvalue weighted by Crippen LogP contribution is -2.41. The van der Waals surface area contributed by atoms with Crippen LogP contribution >= 0.6 is 0 Å². The molecule has 1 saturated heterocycles. The molecule has 0 radical (unpaired) electrons. The maximum absolute atomic E-state index is 13.1. The third-order valence-electron chi connectivity index (χ3n) is 6.78. The van der Waals surface area contributed by atoms with Crippen LogP contribution in [0.2, 0.25) is 0 Å². The number of hydrogen-bond donors (Lipinski definition) is 1. The number of hydrogen-bond acceptors (Lipinski definition) is 5. The van der Waals surface area contributed by atoms with E-state index in [9.17, 15) is 13.2 Å².